The summed E-state index contributed by atoms with van der Waals surface area (Å²) in [6, 6.07) is 7.98. The smallest absolute Gasteiger partial charge is 0.391 e. The minimum atomic E-state index is -4.66. The maximum atomic E-state index is 15.1. The normalized spacial score (nSPS) is 20.1. The molecule has 3 aromatic rings. The van der Waals surface area contributed by atoms with Crippen LogP contribution in [0.25, 0.3) is 0 Å². The number of anilines is 2. The van der Waals surface area contributed by atoms with E-state index < -0.39 is 49.9 Å². The minimum absolute atomic E-state index is 0.0631. The largest absolute Gasteiger partial charge is 0.416 e. The van der Waals surface area contributed by atoms with E-state index in [-0.39, 0.29) is 43.9 Å². The number of aliphatic hydroxyl groups is 1. The van der Waals surface area contributed by atoms with Crippen molar-refractivity contribution in [1.82, 2.24) is 14.9 Å². The molecule has 1 fully saturated rings. The van der Waals surface area contributed by atoms with E-state index in [9.17, 15) is 26.7 Å². The molecule has 216 valence electrons. The highest BCUT2D eigenvalue weighted by molar-refractivity contribution is 7.92. The van der Waals surface area contributed by atoms with Crippen molar-refractivity contribution in [2.45, 2.75) is 42.0 Å². The second-order valence-electron chi connectivity index (χ2n) is 9.86. The van der Waals surface area contributed by atoms with Crippen LogP contribution in [0.1, 0.15) is 24.0 Å². The molecule has 0 spiro atoms. The fraction of sp³-hybridized carbons (Fsp3) is 0.385. The van der Waals surface area contributed by atoms with Gasteiger partial charge in [-0.3, -0.25) is 9.62 Å². The van der Waals surface area contributed by atoms with Gasteiger partial charge in [0.15, 0.2) is 4.90 Å². The lowest BCUT2D eigenvalue weighted by Crippen LogP contribution is -2.64. The highest BCUT2D eigenvalue weighted by Gasteiger charge is 2.45. The van der Waals surface area contributed by atoms with Crippen LogP contribution in [0.15, 0.2) is 59.9 Å². The maximum absolute atomic E-state index is 15.1. The van der Waals surface area contributed by atoms with Crippen LogP contribution in [0.2, 0.25) is 0 Å². The zero-order valence-corrected chi connectivity index (χ0v) is 22.5. The maximum Gasteiger partial charge on any atom is 0.416 e. The average molecular weight is 586 g/mol. The van der Waals surface area contributed by atoms with Crippen molar-refractivity contribution in [3.05, 3.63) is 77.8 Å². The zero-order chi connectivity index (χ0) is 29.3. The van der Waals surface area contributed by atoms with E-state index in [1.54, 1.807) is 30.0 Å². The van der Waals surface area contributed by atoms with Crippen LogP contribution in [-0.2, 0) is 22.6 Å². The van der Waals surface area contributed by atoms with Crippen molar-refractivity contribution >= 4 is 21.5 Å². The van der Waals surface area contributed by atoms with Crippen LogP contribution in [-0.4, -0.2) is 67.2 Å². The Morgan fingerprint density at radius 3 is 2.45 bits per heavy atom. The molecule has 2 N–H and O–H groups in total. The van der Waals surface area contributed by atoms with Crippen molar-refractivity contribution in [3.63, 3.8) is 0 Å². The van der Waals surface area contributed by atoms with Gasteiger partial charge < -0.3 is 10.0 Å². The first-order valence-electron chi connectivity index (χ1n) is 12.3. The Hall–Kier alpha value is -3.36. The molecule has 1 aliphatic rings. The number of hydrogen-bond donors (Lipinski definition) is 2. The Morgan fingerprint density at radius 2 is 1.85 bits per heavy atom. The first-order valence-corrected chi connectivity index (χ1v) is 13.8. The van der Waals surface area contributed by atoms with Gasteiger partial charge in [-0.05, 0) is 63.2 Å². The van der Waals surface area contributed by atoms with Crippen LogP contribution >= 0.6 is 0 Å². The van der Waals surface area contributed by atoms with Gasteiger partial charge in [0.05, 0.1) is 17.2 Å². The van der Waals surface area contributed by atoms with Gasteiger partial charge in [-0.25, -0.2) is 27.2 Å². The molecular formula is C26H28F5N5O3S. The van der Waals surface area contributed by atoms with Crippen LogP contribution in [0.4, 0.5) is 33.5 Å². The Labute approximate surface area is 228 Å². The number of aromatic nitrogens is 2. The molecule has 0 aliphatic carbocycles. The summed E-state index contributed by atoms with van der Waals surface area (Å²) in [6.07, 6.45) is -2.37. The molecule has 0 saturated carbocycles. The summed E-state index contributed by atoms with van der Waals surface area (Å²) in [5.74, 6) is -2.80. The Morgan fingerprint density at radius 1 is 1.15 bits per heavy atom. The number of alkyl halides is 3. The van der Waals surface area contributed by atoms with Crippen LogP contribution < -0.4 is 9.62 Å². The quantitative estimate of drug-likeness (QED) is 0.385. The lowest BCUT2D eigenvalue weighted by atomic mass is 9.79. The van der Waals surface area contributed by atoms with Gasteiger partial charge in [0.2, 0.25) is 0 Å². The lowest BCUT2D eigenvalue weighted by Gasteiger charge is -2.51. The molecule has 1 saturated heterocycles. The molecule has 40 heavy (non-hydrogen) atoms. The number of rotatable bonds is 8. The topological polar surface area (TPSA) is 98.7 Å². The monoisotopic (exact) mass is 585 g/mol. The number of piperidine rings is 1. The van der Waals surface area contributed by atoms with Crippen LogP contribution in [0.5, 0.6) is 0 Å². The second-order valence-corrected chi connectivity index (χ2v) is 11.5. The first-order chi connectivity index (χ1) is 18.7. The fourth-order valence-corrected chi connectivity index (χ4v) is 6.11. The highest BCUT2D eigenvalue weighted by Crippen LogP contribution is 2.36. The highest BCUT2D eigenvalue weighted by atomic mass is 32.2. The molecule has 1 aliphatic heterocycles. The minimum Gasteiger partial charge on any atom is -0.391 e. The van der Waals surface area contributed by atoms with Crippen LogP contribution in [0.3, 0.4) is 0 Å². The van der Waals surface area contributed by atoms with E-state index in [1.165, 1.54) is 18.3 Å². The number of hydrogen-bond acceptors (Lipinski definition) is 7. The van der Waals surface area contributed by atoms with Gasteiger partial charge in [0.1, 0.15) is 23.8 Å². The molecule has 0 bridgehead atoms. The predicted molar refractivity (Wildman–Crippen MR) is 138 cm³/mol. The van der Waals surface area contributed by atoms with E-state index in [4.69, 9.17) is 0 Å². The molecule has 4 rings (SSSR count). The van der Waals surface area contributed by atoms with E-state index in [0.29, 0.717) is 5.56 Å². The number of benzene rings is 2. The number of sulfonamides is 1. The number of aliphatic hydroxyl groups excluding tert-OH is 1. The molecule has 1 aromatic heterocycles. The van der Waals surface area contributed by atoms with Gasteiger partial charge in [0, 0.05) is 25.0 Å². The van der Waals surface area contributed by atoms with Gasteiger partial charge >= 0.3 is 6.18 Å². The van der Waals surface area contributed by atoms with E-state index in [1.807, 2.05) is 4.72 Å². The third-order valence-corrected chi connectivity index (χ3v) is 8.59. The Bertz CT molecular complexity index is 1430. The molecule has 2 heterocycles. The van der Waals surface area contributed by atoms with Gasteiger partial charge in [0.25, 0.3) is 10.0 Å². The molecule has 2 aromatic carbocycles. The van der Waals surface area contributed by atoms with E-state index in [0.717, 1.165) is 30.6 Å². The van der Waals surface area contributed by atoms with Crippen molar-refractivity contribution in [3.8, 4) is 0 Å². The summed E-state index contributed by atoms with van der Waals surface area (Å²) in [7, 11) is -1.22. The van der Waals surface area contributed by atoms with Crippen LogP contribution in [0, 0.1) is 11.6 Å². The zero-order valence-electron chi connectivity index (χ0n) is 21.7. The molecule has 0 radical (unpaired) electrons. The van der Waals surface area contributed by atoms with E-state index in [2.05, 4.69) is 9.97 Å². The average Bonchev–Trinajstić information content (AvgIpc) is 2.87. The SMILES string of the molecule is CN(C)[C@@]1(CCc2cccc(C(F)(F)F)c2)CN(c2cc(F)c(S(=O)(=O)Nc3ccncn3)c(F)c2)CC[C@@H]1O. The third kappa shape index (κ3) is 6.18. The Kier molecular flexibility index (Phi) is 8.33. The van der Waals surface area contributed by atoms with Crippen molar-refractivity contribution in [2.75, 3.05) is 36.8 Å². The molecule has 2 atom stereocenters. The molecular weight excluding hydrogens is 557 g/mol. The standard InChI is InChI=1S/C26H28F5N5O3S/c1-35(2)25(9-6-17-4-3-5-18(12-17)26(29,30)31)15-36(11-8-22(25)37)19-13-20(27)24(21(28)14-19)40(38,39)34-23-7-10-32-16-33-23/h3-5,7,10,12-14,16,22,37H,6,8-9,11,15H2,1-2H3,(H,32,33,34)/t22-,25-/m0/s1. The fourth-order valence-electron chi connectivity index (χ4n) is 4.98. The molecule has 8 nitrogen and oxygen atoms in total. The number of likely N-dealkylation sites (N-methyl/N-ethyl adjacent to an activating group) is 1. The summed E-state index contributed by atoms with van der Waals surface area (Å²) in [5.41, 5.74) is -1.25. The summed E-state index contributed by atoms with van der Waals surface area (Å²) in [6.45, 7) is 0.300. The van der Waals surface area contributed by atoms with Gasteiger partial charge in [-0.2, -0.15) is 13.2 Å². The van der Waals surface area contributed by atoms with Gasteiger partial charge in [-0.1, -0.05) is 18.2 Å². The van der Waals surface area contributed by atoms with Gasteiger partial charge in [-0.15, -0.1) is 0 Å². The lowest BCUT2D eigenvalue weighted by molar-refractivity contribution is -0.137. The number of halogens is 5. The molecule has 14 heteroatoms. The number of nitrogens with zero attached hydrogens (tertiary/aromatic N) is 4. The van der Waals surface area contributed by atoms with Crippen molar-refractivity contribution in [2.24, 2.45) is 0 Å². The second kappa shape index (κ2) is 11.3. The summed E-state index contributed by atoms with van der Waals surface area (Å²) in [4.78, 5) is 9.56. The summed E-state index contributed by atoms with van der Waals surface area (Å²) in [5, 5.41) is 11.0. The number of nitrogens with one attached hydrogen (secondary N) is 1. The first kappa shape index (κ1) is 29.6. The van der Waals surface area contributed by atoms with E-state index >= 15 is 8.78 Å². The predicted octanol–water partition coefficient (Wildman–Crippen LogP) is 4.08. The third-order valence-electron chi connectivity index (χ3n) is 7.19. The number of aryl methyl sites for hydroxylation is 1. The Balaban J connectivity index is 1.59. The molecule has 0 unspecified atom stereocenters. The summed E-state index contributed by atoms with van der Waals surface area (Å²) < 4.78 is 97.2. The van der Waals surface area contributed by atoms with Crippen molar-refractivity contribution in [1.29, 1.82) is 0 Å². The summed E-state index contributed by atoms with van der Waals surface area (Å²) >= 11 is 0. The van der Waals surface area contributed by atoms with Crippen molar-refractivity contribution < 1.29 is 35.5 Å². The molecule has 0 amide bonds.